The van der Waals surface area contributed by atoms with Gasteiger partial charge in [0.15, 0.2) is 0 Å². The fraction of sp³-hybridized carbons (Fsp3) is 0. The first-order chi connectivity index (χ1) is 51.0. The maximum Gasteiger partial charge on any atom is 0.136 e. The van der Waals surface area contributed by atoms with Crippen molar-refractivity contribution in [3.63, 3.8) is 0 Å². The number of hydrogen-bond donors (Lipinski definition) is 0. The van der Waals surface area contributed by atoms with E-state index >= 15 is 0 Å². The summed E-state index contributed by atoms with van der Waals surface area (Å²) in [6.45, 7) is 0. The molecule has 0 saturated carbocycles. The van der Waals surface area contributed by atoms with E-state index in [1.165, 1.54) is 54.6 Å². The van der Waals surface area contributed by atoms with Crippen LogP contribution in [0.5, 0.6) is 0 Å². The van der Waals surface area contributed by atoms with Crippen LogP contribution in [-0.4, -0.2) is 0 Å². The van der Waals surface area contributed by atoms with Crippen LogP contribution in [0.25, 0.3) is 175 Å². The third kappa shape index (κ3) is 7.19. The molecule has 1 aromatic heterocycles. The van der Waals surface area contributed by atoms with Crippen LogP contribution in [0.4, 0.5) is 0 Å². The molecule has 374 valence electrons. The minimum Gasteiger partial charge on any atom is -0.456 e. The molecule has 0 aliphatic heterocycles. The summed E-state index contributed by atoms with van der Waals surface area (Å²) in [7, 11) is 0. The SMILES string of the molecule is [2H]c1c([2H])c([2H])c(-c2c([2H])c(-c3c([2H])c([2H])c4c([2H])c([2H])c5c([2H])c([2H])c([2H])c6c([2H])c([2H])c3c4c56)c([2H])c(-c3c([2H])c([2H])c4c([2H])c([2H])c5c([2H])c([2H])c([2H])c6c([2H])c([2H])c3c4c56)c2[2H])c([2H])c1[2H].c1ccc(-c2c3ccccc3c(-c3ccc4oc5cc6ccccc6cc5c4c3)c3ccccc23)cc1. The number of furan rings is 1. The van der Waals surface area contributed by atoms with Crippen molar-refractivity contribution < 1.29 is 40.1 Å². The highest BCUT2D eigenvalue weighted by molar-refractivity contribution is 6.28. The molecule has 0 spiro atoms. The Hall–Kier alpha value is -10.6. The van der Waals surface area contributed by atoms with Gasteiger partial charge in [-0.05, 0) is 195 Å². The molecule has 0 bridgehead atoms. The van der Waals surface area contributed by atoms with Crippen molar-refractivity contribution in [2.45, 2.75) is 0 Å². The second-order valence-corrected chi connectivity index (χ2v) is 19.7. The first kappa shape index (κ1) is 26.8. The third-order valence-corrected chi connectivity index (χ3v) is 15.2. The lowest BCUT2D eigenvalue weighted by molar-refractivity contribution is 0.669. The van der Waals surface area contributed by atoms with E-state index in [2.05, 4.69) is 133 Å². The molecule has 81 heavy (non-hydrogen) atoms. The van der Waals surface area contributed by atoms with Crippen molar-refractivity contribution in [3.05, 3.63) is 291 Å². The van der Waals surface area contributed by atoms with Crippen LogP contribution in [0.1, 0.15) is 35.6 Å². The second-order valence-electron chi connectivity index (χ2n) is 19.7. The molecule has 1 heteroatoms. The Labute approximate surface area is 504 Å². The Kier molecular flexibility index (Phi) is 5.96. The van der Waals surface area contributed by atoms with Crippen molar-refractivity contribution in [3.8, 4) is 55.6 Å². The van der Waals surface area contributed by atoms with Crippen LogP contribution in [-0.2, 0) is 0 Å². The predicted octanol–water partition coefficient (Wildman–Crippen LogP) is 22.9. The number of fused-ring (bicyclic) bond motifs is 6. The van der Waals surface area contributed by atoms with Gasteiger partial charge in [0.1, 0.15) is 11.2 Å². The molecule has 0 saturated heterocycles. The van der Waals surface area contributed by atoms with Crippen LogP contribution >= 0.6 is 0 Å². The van der Waals surface area contributed by atoms with Gasteiger partial charge in [0, 0.05) is 10.8 Å². The van der Waals surface area contributed by atoms with Crippen LogP contribution in [0.3, 0.4) is 0 Å². The number of rotatable bonds is 5. The molecular weight excluding hydrogens is 977 g/mol. The van der Waals surface area contributed by atoms with E-state index in [0.717, 1.165) is 21.9 Å². The molecule has 0 amide bonds. The molecule has 1 nitrogen and oxygen atoms in total. The summed E-state index contributed by atoms with van der Waals surface area (Å²) in [6, 6.07) is 25.5. The summed E-state index contributed by atoms with van der Waals surface area (Å²) in [5.41, 5.74) is 1.91. The lowest BCUT2D eigenvalue weighted by atomic mass is 9.86. The smallest absolute Gasteiger partial charge is 0.136 e. The molecule has 18 rings (SSSR count). The zero-order valence-electron chi connectivity index (χ0n) is 68.1. The standard InChI is InChI=1S/C44H26.C36H22O/c1-2-6-27(7-3-1)34-24-35(37-20-16-32-14-12-28-8-4-10-30-18-22-39(37)43(32)41(28)30)26-36(25-34)38-21-17-33-15-13-29-9-5-11-31-19-23-40(38)44(33)42(29)31;1-2-10-23(11-3-1)35-27-14-6-8-16-29(27)36(30-17-9-7-15-28(30)35)26-18-19-33-31(21-26)32-20-24-12-4-5-13-25(24)22-34(32)37-33/h1-26H;1-22H/i1D,2D,3D,4D,5D,6D,7D,8D,9D,10D,11D,12D,13D,14D,15D,16D,17D,18D,19D,20D,21D,22D,23D,24D,25D,26D;. The molecule has 0 unspecified atom stereocenters. The van der Waals surface area contributed by atoms with Crippen molar-refractivity contribution in [1.82, 2.24) is 0 Å². The molecule has 1 heterocycles. The normalized spacial score (nSPS) is 16.4. The van der Waals surface area contributed by atoms with Gasteiger partial charge in [-0.15, -0.1) is 0 Å². The van der Waals surface area contributed by atoms with Crippen LogP contribution in [0, 0.1) is 0 Å². The van der Waals surface area contributed by atoms with E-state index in [0.29, 0.717) is 0 Å². The fourth-order valence-electron chi connectivity index (χ4n) is 11.7. The van der Waals surface area contributed by atoms with Gasteiger partial charge in [-0.25, -0.2) is 0 Å². The van der Waals surface area contributed by atoms with E-state index in [1.807, 2.05) is 0 Å². The van der Waals surface area contributed by atoms with Crippen molar-refractivity contribution in [1.29, 1.82) is 0 Å². The van der Waals surface area contributed by atoms with Gasteiger partial charge in [-0.1, -0.05) is 248 Å². The highest BCUT2D eigenvalue weighted by Crippen LogP contribution is 2.47. The average molecular weight is 1050 g/mol. The summed E-state index contributed by atoms with van der Waals surface area (Å²) in [5.74, 6) is 0. The molecule has 0 atom stereocenters. The van der Waals surface area contributed by atoms with Crippen LogP contribution in [0.15, 0.2) is 295 Å². The lowest BCUT2D eigenvalue weighted by Gasteiger charge is -2.18. The number of benzene rings is 17. The van der Waals surface area contributed by atoms with Crippen molar-refractivity contribution in [2.24, 2.45) is 0 Å². The summed E-state index contributed by atoms with van der Waals surface area (Å²) >= 11 is 0. The van der Waals surface area contributed by atoms with Crippen LogP contribution < -0.4 is 0 Å². The zero-order chi connectivity index (χ0) is 75.7. The fourth-order valence-corrected chi connectivity index (χ4v) is 11.7. The van der Waals surface area contributed by atoms with E-state index in [-0.39, 0.29) is 21.5 Å². The molecule has 0 aliphatic carbocycles. The van der Waals surface area contributed by atoms with E-state index in [1.54, 1.807) is 0 Å². The monoisotopic (exact) mass is 1050 g/mol. The lowest BCUT2D eigenvalue weighted by Crippen LogP contribution is -1.91. The predicted molar refractivity (Wildman–Crippen MR) is 347 cm³/mol. The number of hydrogen-bond acceptors (Lipinski definition) is 1. The Morgan fingerprint density at radius 2 is 0.679 bits per heavy atom. The van der Waals surface area contributed by atoms with E-state index in [4.69, 9.17) is 25.0 Å². The molecule has 17 aromatic carbocycles. The van der Waals surface area contributed by atoms with E-state index < -0.39 is 234 Å². The van der Waals surface area contributed by atoms with Gasteiger partial charge in [-0.3, -0.25) is 0 Å². The Morgan fingerprint density at radius 1 is 0.235 bits per heavy atom. The topological polar surface area (TPSA) is 13.1 Å². The zero-order valence-corrected chi connectivity index (χ0v) is 42.1. The average Bonchev–Trinajstić information content (AvgIpc) is 0.983. The molecule has 0 aliphatic rings. The summed E-state index contributed by atoms with van der Waals surface area (Å²) in [5, 5.41) is 4.57. The molecular formula is C80H48O. The maximum absolute atomic E-state index is 10.0. The molecule has 0 radical (unpaired) electrons. The molecule has 18 aromatic rings. The van der Waals surface area contributed by atoms with E-state index in [9.17, 15) is 15.1 Å². The largest absolute Gasteiger partial charge is 0.456 e. The second kappa shape index (κ2) is 18.0. The van der Waals surface area contributed by atoms with Gasteiger partial charge in [0.05, 0.1) is 35.6 Å². The van der Waals surface area contributed by atoms with Crippen molar-refractivity contribution in [2.75, 3.05) is 0 Å². The summed E-state index contributed by atoms with van der Waals surface area (Å²) in [4.78, 5) is 0. The first-order valence-electron chi connectivity index (χ1n) is 38.9. The van der Waals surface area contributed by atoms with Gasteiger partial charge >= 0.3 is 0 Å². The molecule has 0 N–H and O–H groups in total. The van der Waals surface area contributed by atoms with Gasteiger partial charge in [-0.2, -0.15) is 0 Å². The minimum absolute atomic E-state index is 0.312. The maximum atomic E-state index is 10.0. The highest BCUT2D eigenvalue weighted by Gasteiger charge is 2.20. The highest BCUT2D eigenvalue weighted by atomic mass is 16.3. The van der Waals surface area contributed by atoms with Crippen LogP contribution in [0.2, 0.25) is 0 Å². The van der Waals surface area contributed by atoms with Gasteiger partial charge < -0.3 is 4.42 Å². The Bertz CT molecular complexity index is 6770. The van der Waals surface area contributed by atoms with Gasteiger partial charge in [0.2, 0.25) is 0 Å². The third-order valence-electron chi connectivity index (χ3n) is 15.2. The van der Waals surface area contributed by atoms with Crippen molar-refractivity contribution >= 4 is 119 Å². The summed E-state index contributed by atoms with van der Waals surface area (Å²) < 4.78 is 242. The summed E-state index contributed by atoms with van der Waals surface area (Å²) in [6.07, 6.45) is 0. The quantitative estimate of drug-likeness (QED) is 0.124. The Morgan fingerprint density at radius 3 is 1.23 bits per heavy atom. The minimum atomic E-state index is -1.06. The Balaban J connectivity index is 0.000000189. The van der Waals surface area contributed by atoms with Gasteiger partial charge in [0.25, 0.3) is 0 Å². The molecule has 0 fully saturated rings. The first-order valence-corrected chi connectivity index (χ1v) is 25.9.